The number of amides is 1. The smallest absolute Gasteiger partial charge is 0.273 e. The Balaban J connectivity index is 2.69. The first kappa shape index (κ1) is 7.71. The van der Waals surface area contributed by atoms with E-state index >= 15 is 0 Å². The quantitative estimate of drug-likeness (QED) is 0.628. The number of carbonyl (C=O) groups is 1. The molecule has 1 rings (SSSR count). The van der Waals surface area contributed by atoms with Gasteiger partial charge >= 0.3 is 0 Å². The molecule has 1 aromatic heterocycles. The Bertz CT molecular complexity index is 255. The van der Waals surface area contributed by atoms with Crippen LogP contribution in [0.5, 0.6) is 0 Å². The number of hydrogen-bond acceptors (Lipinski definition) is 3. The summed E-state index contributed by atoms with van der Waals surface area (Å²) in [5, 5.41) is 9.88. The van der Waals surface area contributed by atoms with Gasteiger partial charge in [-0.3, -0.25) is 9.48 Å². The van der Waals surface area contributed by atoms with Crippen LogP contribution in [-0.2, 0) is 7.05 Å². The van der Waals surface area contributed by atoms with E-state index in [1.54, 1.807) is 13.2 Å². The van der Waals surface area contributed by atoms with Crippen LogP contribution in [0.15, 0.2) is 6.20 Å². The monoisotopic (exact) mass is 154 g/mol. The lowest BCUT2D eigenvalue weighted by Gasteiger charge is -1.94. The van der Waals surface area contributed by atoms with Crippen molar-refractivity contribution >= 4 is 5.91 Å². The zero-order valence-corrected chi connectivity index (χ0v) is 6.53. The van der Waals surface area contributed by atoms with Crippen LogP contribution in [-0.4, -0.2) is 27.4 Å². The van der Waals surface area contributed by atoms with Gasteiger partial charge in [-0.1, -0.05) is 5.21 Å². The highest BCUT2D eigenvalue weighted by Gasteiger charge is 2.06. The highest BCUT2D eigenvalue weighted by Crippen LogP contribution is 1.89. The number of hydrogen-bond donors (Lipinski definition) is 1. The molecular formula is C6H10N4O. The molecule has 0 atom stereocenters. The molecule has 0 aromatic carbocycles. The van der Waals surface area contributed by atoms with Gasteiger partial charge in [0.25, 0.3) is 5.91 Å². The van der Waals surface area contributed by atoms with Crippen molar-refractivity contribution in [1.29, 1.82) is 0 Å². The Morgan fingerprint density at radius 3 is 3.00 bits per heavy atom. The van der Waals surface area contributed by atoms with E-state index in [0.717, 1.165) is 0 Å². The van der Waals surface area contributed by atoms with E-state index in [0.29, 0.717) is 12.2 Å². The minimum absolute atomic E-state index is 0.180. The molecule has 0 bridgehead atoms. The molecule has 11 heavy (non-hydrogen) atoms. The Morgan fingerprint density at radius 2 is 2.55 bits per heavy atom. The summed E-state index contributed by atoms with van der Waals surface area (Å²) in [6.45, 7) is 2.46. The van der Waals surface area contributed by atoms with Crippen LogP contribution < -0.4 is 5.32 Å². The third-order valence-electron chi connectivity index (χ3n) is 1.17. The van der Waals surface area contributed by atoms with Crippen molar-refractivity contribution in [1.82, 2.24) is 20.3 Å². The molecule has 0 spiro atoms. The second kappa shape index (κ2) is 3.14. The van der Waals surface area contributed by atoms with Gasteiger partial charge < -0.3 is 5.32 Å². The first-order valence-electron chi connectivity index (χ1n) is 3.38. The van der Waals surface area contributed by atoms with Gasteiger partial charge in [0.05, 0.1) is 6.20 Å². The lowest BCUT2D eigenvalue weighted by atomic mass is 10.4. The topological polar surface area (TPSA) is 59.8 Å². The average Bonchev–Trinajstić information content (AvgIpc) is 2.36. The normalized spacial score (nSPS) is 9.64. The number of nitrogens with one attached hydrogen (secondary N) is 1. The lowest BCUT2D eigenvalue weighted by molar-refractivity contribution is 0.0951. The van der Waals surface area contributed by atoms with Gasteiger partial charge in [-0.25, -0.2) is 0 Å². The maximum atomic E-state index is 11.0. The summed E-state index contributed by atoms with van der Waals surface area (Å²) in [6.07, 6.45) is 1.57. The van der Waals surface area contributed by atoms with Crippen molar-refractivity contribution in [3.05, 3.63) is 11.9 Å². The molecule has 0 saturated carbocycles. The number of rotatable bonds is 2. The van der Waals surface area contributed by atoms with Crippen molar-refractivity contribution in [2.75, 3.05) is 6.54 Å². The summed E-state index contributed by atoms with van der Waals surface area (Å²) in [5.74, 6) is -0.180. The van der Waals surface area contributed by atoms with Crippen LogP contribution in [0, 0.1) is 0 Å². The van der Waals surface area contributed by atoms with E-state index in [1.165, 1.54) is 4.68 Å². The second-order valence-electron chi connectivity index (χ2n) is 2.14. The Hall–Kier alpha value is -1.39. The summed E-state index contributed by atoms with van der Waals surface area (Å²) in [7, 11) is 1.72. The number of aryl methyl sites for hydroxylation is 1. The van der Waals surface area contributed by atoms with Gasteiger partial charge in [0, 0.05) is 13.6 Å². The van der Waals surface area contributed by atoms with Gasteiger partial charge in [0.1, 0.15) is 0 Å². The number of carbonyl (C=O) groups excluding carboxylic acids is 1. The minimum atomic E-state index is -0.180. The Morgan fingerprint density at radius 1 is 1.82 bits per heavy atom. The third-order valence-corrected chi connectivity index (χ3v) is 1.17. The van der Waals surface area contributed by atoms with Gasteiger partial charge in [-0.05, 0) is 6.92 Å². The Kier molecular flexibility index (Phi) is 2.20. The minimum Gasteiger partial charge on any atom is -0.351 e. The van der Waals surface area contributed by atoms with Crippen molar-refractivity contribution in [2.45, 2.75) is 6.92 Å². The molecule has 1 N–H and O–H groups in total. The predicted molar refractivity (Wildman–Crippen MR) is 39.0 cm³/mol. The van der Waals surface area contributed by atoms with Crippen LogP contribution in [0.4, 0.5) is 0 Å². The maximum absolute atomic E-state index is 11.0. The molecule has 5 nitrogen and oxygen atoms in total. The molecule has 0 unspecified atom stereocenters. The van der Waals surface area contributed by atoms with Crippen LogP contribution in [0.25, 0.3) is 0 Å². The molecule has 1 amide bonds. The molecule has 0 fully saturated rings. The van der Waals surface area contributed by atoms with Gasteiger partial charge in [-0.2, -0.15) is 0 Å². The van der Waals surface area contributed by atoms with E-state index in [9.17, 15) is 4.79 Å². The molecule has 60 valence electrons. The van der Waals surface area contributed by atoms with Crippen molar-refractivity contribution in [3.8, 4) is 0 Å². The van der Waals surface area contributed by atoms with E-state index < -0.39 is 0 Å². The molecule has 0 aliphatic heterocycles. The SMILES string of the molecule is CCNC(=O)c1cn(C)nn1. The molecule has 0 saturated heterocycles. The molecule has 1 aromatic rings. The second-order valence-corrected chi connectivity index (χ2v) is 2.14. The van der Waals surface area contributed by atoms with Crippen LogP contribution in [0.1, 0.15) is 17.4 Å². The standard InChI is InChI=1S/C6H10N4O/c1-3-7-6(11)5-4-10(2)9-8-5/h4H,3H2,1-2H3,(H,7,11). The fourth-order valence-corrected chi connectivity index (χ4v) is 0.702. The molecule has 0 radical (unpaired) electrons. The van der Waals surface area contributed by atoms with Gasteiger partial charge in [-0.15, -0.1) is 5.10 Å². The highest BCUT2D eigenvalue weighted by atomic mass is 16.1. The summed E-state index contributed by atoms with van der Waals surface area (Å²) in [4.78, 5) is 11.0. The summed E-state index contributed by atoms with van der Waals surface area (Å²) in [5.41, 5.74) is 0.356. The maximum Gasteiger partial charge on any atom is 0.273 e. The molecule has 5 heteroatoms. The van der Waals surface area contributed by atoms with Crippen LogP contribution >= 0.6 is 0 Å². The fraction of sp³-hybridized carbons (Fsp3) is 0.500. The largest absolute Gasteiger partial charge is 0.351 e. The zero-order chi connectivity index (χ0) is 8.27. The zero-order valence-electron chi connectivity index (χ0n) is 6.53. The van der Waals surface area contributed by atoms with E-state index in [4.69, 9.17) is 0 Å². The van der Waals surface area contributed by atoms with Gasteiger partial charge in [0.15, 0.2) is 5.69 Å². The highest BCUT2D eigenvalue weighted by molar-refractivity contribution is 5.91. The van der Waals surface area contributed by atoms with Crippen molar-refractivity contribution in [2.24, 2.45) is 7.05 Å². The summed E-state index contributed by atoms with van der Waals surface area (Å²) >= 11 is 0. The fourth-order valence-electron chi connectivity index (χ4n) is 0.702. The van der Waals surface area contributed by atoms with Crippen molar-refractivity contribution in [3.63, 3.8) is 0 Å². The predicted octanol–water partition coefficient (Wildman–Crippen LogP) is -0.435. The lowest BCUT2D eigenvalue weighted by Crippen LogP contribution is -2.22. The summed E-state index contributed by atoms with van der Waals surface area (Å²) in [6, 6.07) is 0. The third kappa shape index (κ3) is 1.76. The van der Waals surface area contributed by atoms with E-state index in [1.807, 2.05) is 6.92 Å². The van der Waals surface area contributed by atoms with Crippen LogP contribution in [0.3, 0.4) is 0 Å². The molecule has 0 aliphatic rings. The number of aromatic nitrogens is 3. The molecular weight excluding hydrogens is 144 g/mol. The van der Waals surface area contributed by atoms with Crippen LogP contribution in [0.2, 0.25) is 0 Å². The van der Waals surface area contributed by atoms with E-state index in [2.05, 4.69) is 15.6 Å². The molecule has 0 aliphatic carbocycles. The molecule has 1 heterocycles. The Labute approximate surface area is 64.4 Å². The van der Waals surface area contributed by atoms with Gasteiger partial charge in [0.2, 0.25) is 0 Å². The average molecular weight is 154 g/mol. The summed E-state index contributed by atoms with van der Waals surface area (Å²) < 4.78 is 1.49. The first-order valence-corrected chi connectivity index (χ1v) is 3.38. The van der Waals surface area contributed by atoms with E-state index in [-0.39, 0.29) is 5.91 Å². The first-order chi connectivity index (χ1) is 5.24. The number of nitrogens with zero attached hydrogens (tertiary/aromatic N) is 3. The van der Waals surface area contributed by atoms with Crippen molar-refractivity contribution < 1.29 is 4.79 Å².